The Morgan fingerprint density at radius 2 is 2.15 bits per heavy atom. The lowest BCUT2D eigenvalue weighted by atomic mass is 10.1. The molecule has 0 fully saturated rings. The van der Waals surface area contributed by atoms with E-state index in [2.05, 4.69) is 5.32 Å². The van der Waals surface area contributed by atoms with Crippen LogP contribution in [0.4, 0.5) is 0 Å². The van der Waals surface area contributed by atoms with Crippen LogP contribution in [-0.2, 0) is 6.54 Å². The van der Waals surface area contributed by atoms with Crippen LogP contribution in [0, 0.1) is 0 Å². The van der Waals surface area contributed by atoms with Gasteiger partial charge in [-0.2, -0.15) is 0 Å². The predicted molar refractivity (Wildman–Crippen MR) is 83.0 cm³/mol. The van der Waals surface area contributed by atoms with E-state index in [1.54, 1.807) is 17.5 Å². The second kappa shape index (κ2) is 6.59. The number of hydrogen-bond donors (Lipinski definition) is 2. The molecule has 0 amide bonds. The molecule has 1 unspecified atom stereocenters. The van der Waals surface area contributed by atoms with Crippen LogP contribution in [0.1, 0.15) is 33.8 Å². The molecule has 0 aliphatic heterocycles. The molecule has 0 radical (unpaired) electrons. The molecule has 6 heteroatoms. The topological polar surface area (TPSA) is 49.3 Å². The maximum Gasteiger partial charge on any atom is 0.346 e. The molecule has 2 N–H and O–H groups in total. The molecule has 106 valence electrons. The first-order valence-electron chi connectivity index (χ1n) is 5.97. The number of carboxylic acid groups (broad SMARTS) is 1. The smallest absolute Gasteiger partial charge is 0.346 e. The van der Waals surface area contributed by atoms with Gasteiger partial charge in [0.1, 0.15) is 4.88 Å². The highest BCUT2D eigenvalue weighted by Gasteiger charge is 2.14. The Kier molecular flexibility index (Phi) is 5.05. The zero-order chi connectivity index (χ0) is 14.7. The van der Waals surface area contributed by atoms with Crippen molar-refractivity contribution < 1.29 is 9.90 Å². The van der Waals surface area contributed by atoms with Gasteiger partial charge in [-0.05, 0) is 41.6 Å². The molecule has 1 atom stereocenters. The van der Waals surface area contributed by atoms with Crippen LogP contribution in [-0.4, -0.2) is 11.1 Å². The third kappa shape index (κ3) is 3.52. The van der Waals surface area contributed by atoms with E-state index in [0.717, 1.165) is 11.1 Å². The summed E-state index contributed by atoms with van der Waals surface area (Å²) in [6.45, 7) is 2.45. The predicted octanol–water partition coefficient (Wildman–Crippen LogP) is 4.60. The van der Waals surface area contributed by atoms with Crippen LogP contribution in [0.15, 0.2) is 29.6 Å². The standard InChI is InChI=1S/C14H13Cl2NO2S/c1-8(11-3-2-10(15)6-12(11)16)17-7-9-4-5-20-13(9)14(18)19/h2-6,8,17H,7H2,1H3,(H,18,19). The molecular formula is C14H13Cl2NO2S. The molecule has 1 heterocycles. The number of thiophene rings is 1. The van der Waals surface area contributed by atoms with Crippen LogP contribution in [0.25, 0.3) is 0 Å². The van der Waals surface area contributed by atoms with Crippen LogP contribution in [0.5, 0.6) is 0 Å². The number of benzene rings is 1. The van der Waals surface area contributed by atoms with Crippen molar-refractivity contribution in [3.05, 3.63) is 55.7 Å². The van der Waals surface area contributed by atoms with Crippen molar-refractivity contribution in [1.29, 1.82) is 0 Å². The number of hydrogen-bond acceptors (Lipinski definition) is 3. The summed E-state index contributed by atoms with van der Waals surface area (Å²) in [6.07, 6.45) is 0. The van der Waals surface area contributed by atoms with Crippen molar-refractivity contribution in [2.45, 2.75) is 19.5 Å². The van der Waals surface area contributed by atoms with Gasteiger partial charge in [0.05, 0.1) is 0 Å². The van der Waals surface area contributed by atoms with E-state index in [9.17, 15) is 4.79 Å². The molecule has 0 bridgehead atoms. The SMILES string of the molecule is CC(NCc1ccsc1C(=O)O)c1ccc(Cl)cc1Cl. The molecule has 2 aromatic rings. The fourth-order valence-corrected chi connectivity index (χ4v) is 3.22. The van der Waals surface area contributed by atoms with Gasteiger partial charge in [-0.15, -0.1) is 11.3 Å². The van der Waals surface area contributed by atoms with Crippen molar-refractivity contribution in [2.75, 3.05) is 0 Å². The number of carboxylic acids is 1. The highest BCUT2D eigenvalue weighted by atomic mass is 35.5. The van der Waals surface area contributed by atoms with Gasteiger partial charge in [-0.25, -0.2) is 4.79 Å². The Morgan fingerprint density at radius 1 is 1.40 bits per heavy atom. The largest absolute Gasteiger partial charge is 0.477 e. The summed E-state index contributed by atoms with van der Waals surface area (Å²) in [5, 5.41) is 15.3. The first-order chi connectivity index (χ1) is 9.49. The van der Waals surface area contributed by atoms with Gasteiger partial charge in [-0.3, -0.25) is 0 Å². The number of halogens is 2. The number of aromatic carboxylic acids is 1. The molecule has 1 aromatic heterocycles. The monoisotopic (exact) mass is 329 g/mol. The maximum atomic E-state index is 11.0. The van der Waals surface area contributed by atoms with Gasteiger partial charge in [0.2, 0.25) is 0 Å². The average Bonchev–Trinajstić information content (AvgIpc) is 2.84. The van der Waals surface area contributed by atoms with Crippen LogP contribution < -0.4 is 5.32 Å². The van der Waals surface area contributed by atoms with E-state index >= 15 is 0 Å². The summed E-state index contributed by atoms with van der Waals surface area (Å²) in [5.41, 5.74) is 1.71. The minimum Gasteiger partial charge on any atom is -0.477 e. The zero-order valence-electron chi connectivity index (χ0n) is 10.7. The second-order valence-corrected chi connectivity index (χ2v) is 6.11. The molecule has 0 spiro atoms. The molecule has 0 aliphatic rings. The lowest BCUT2D eigenvalue weighted by molar-refractivity contribution is 0.0701. The van der Waals surface area contributed by atoms with Gasteiger partial charge in [0.15, 0.2) is 0 Å². The molecule has 3 nitrogen and oxygen atoms in total. The zero-order valence-corrected chi connectivity index (χ0v) is 13.0. The Balaban J connectivity index is 2.06. The lowest BCUT2D eigenvalue weighted by Gasteiger charge is -2.16. The van der Waals surface area contributed by atoms with Crippen LogP contribution in [0.2, 0.25) is 10.0 Å². The molecule has 0 saturated heterocycles. The Bertz CT molecular complexity index is 627. The molecular weight excluding hydrogens is 317 g/mol. The highest BCUT2D eigenvalue weighted by molar-refractivity contribution is 7.12. The normalized spacial score (nSPS) is 12.3. The number of nitrogens with one attached hydrogen (secondary N) is 1. The Morgan fingerprint density at radius 3 is 2.80 bits per heavy atom. The first kappa shape index (κ1) is 15.3. The summed E-state index contributed by atoms with van der Waals surface area (Å²) in [4.78, 5) is 11.4. The van der Waals surface area contributed by atoms with Crippen molar-refractivity contribution in [1.82, 2.24) is 5.32 Å². The molecule has 20 heavy (non-hydrogen) atoms. The molecule has 2 rings (SSSR count). The van der Waals surface area contributed by atoms with E-state index in [-0.39, 0.29) is 6.04 Å². The lowest BCUT2D eigenvalue weighted by Crippen LogP contribution is -2.19. The maximum absolute atomic E-state index is 11.0. The van der Waals surface area contributed by atoms with E-state index in [4.69, 9.17) is 28.3 Å². The van der Waals surface area contributed by atoms with Gasteiger partial charge in [0.25, 0.3) is 0 Å². The van der Waals surface area contributed by atoms with Gasteiger partial charge in [-0.1, -0.05) is 29.3 Å². The summed E-state index contributed by atoms with van der Waals surface area (Å²) >= 11 is 13.2. The molecule has 0 aliphatic carbocycles. The third-order valence-corrected chi connectivity index (χ3v) is 4.48. The first-order valence-corrected chi connectivity index (χ1v) is 7.60. The summed E-state index contributed by atoms with van der Waals surface area (Å²) in [6, 6.07) is 7.17. The summed E-state index contributed by atoms with van der Waals surface area (Å²) in [5.74, 6) is -0.894. The van der Waals surface area contributed by atoms with Gasteiger partial charge in [0, 0.05) is 22.6 Å². The van der Waals surface area contributed by atoms with Crippen molar-refractivity contribution in [2.24, 2.45) is 0 Å². The average molecular weight is 330 g/mol. The molecule has 1 aromatic carbocycles. The van der Waals surface area contributed by atoms with Gasteiger partial charge >= 0.3 is 5.97 Å². The number of carbonyl (C=O) groups is 1. The van der Waals surface area contributed by atoms with E-state index in [1.165, 1.54) is 11.3 Å². The van der Waals surface area contributed by atoms with Crippen molar-refractivity contribution in [3.63, 3.8) is 0 Å². The highest BCUT2D eigenvalue weighted by Crippen LogP contribution is 2.26. The fraction of sp³-hybridized carbons (Fsp3) is 0.214. The quantitative estimate of drug-likeness (QED) is 0.842. The Hall–Kier alpha value is -1.07. The van der Waals surface area contributed by atoms with Crippen molar-refractivity contribution in [3.8, 4) is 0 Å². The Labute approximate surface area is 131 Å². The summed E-state index contributed by atoms with van der Waals surface area (Å²) < 4.78 is 0. The van der Waals surface area contributed by atoms with Crippen LogP contribution >= 0.6 is 34.5 Å². The molecule has 0 saturated carbocycles. The second-order valence-electron chi connectivity index (χ2n) is 4.35. The van der Waals surface area contributed by atoms with E-state index < -0.39 is 5.97 Å². The third-order valence-electron chi connectivity index (χ3n) is 2.97. The number of rotatable bonds is 5. The van der Waals surface area contributed by atoms with E-state index in [0.29, 0.717) is 21.5 Å². The van der Waals surface area contributed by atoms with Gasteiger partial charge < -0.3 is 10.4 Å². The summed E-state index contributed by atoms with van der Waals surface area (Å²) in [7, 11) is 0. The van der Waals surface area contributed by atoms with E-state index in [1.807, 2.05) is 19.1 Å². The van der Waals surface area contributed by atoms with Crippen molar-refractivity contribution >= 4 is 40.5 Å². The minimum absolute atomic E-state index is 0.00121. The minimum atomic E-state index is -0.894. The fourth-order valence-electron chi connectivity index (χ4n) is 1.89. The van der Waals surface area contributed by atoms with Crippen LogP contribution in [0.3, 0.4) is 0 Å².